The van der Waals surface area contributed by atoms with E-state index in [-0.39, 0.29) is 0 Å². The molecular weight excluding hydrogens is 300 g/mol. The molecule has 3 rings (SSSR count). The molecule has 1 aromatic heterocycles. The van der Waals surface area contributed by atoms with Crippen molar-refractivity contribution in [3.05, 3.63) is 64.5 Å². The first-order valence-electron chi connectivity index (χ1n) is 6.73. The largest absolute Gasteiger partial charge is 0.315 e. The molecule has 0 aliphatic rings. The van der Waals surface area contributed by atoms with Crippen LogP contribution in [0.15, 0.2) is 54.6 Å². The Hall–Kier alpha value is -1.68. The molecule has 0 aliphatic carbocycles. The lowest BCUT2D eigenvalue weighted by Gasteiger charge is -2.00. The van der Waals surface area contributed by atoms with E-state index in [1.807, 2.05) is 49.5 Å². The molecular formula is C17H15ClN2S. The van der Waals surface area contributed by atoms with Crippen molar-refractivity contribution in [3.63, 3.8) is 0 Å². The van der Waals surface area contributed by atoms with Crippen molar-refractivity contribution >= 4 is 22.9 Å². The zero-order valence-electron chi connectivity index (χ0n) is 11.6. The van der Waals surface area contributed by atoms with Crippen LogP contribution in [0.4, 0.5) is 0 Å². The maximum Gasteiger partial charge on any atom is 0.124 e. The average molecular weight is 315 g/mol. The molecule has 3 aromatic rings. The summed E-state index contributed by atoms with van der Waals surface area (Å²) in [6.07, 6.45) is 0. The molecule has 0 aliphatic heterocycles. The van der Waals surface area contributed by atoms with E-state index >= 15 is 0 Å². The van der Waals surface area contributed by atoms with Gasteiger partial charge < -0.3 is 5.32 Å². The van der Waals surface area contributed by atoms with Crippen LogP contribution in [0.1, 0.15) is 4.88 Å². The standard InChI is InChI=1S/C17H15ClN2S/c1-19-11-15-16(12-6-3-2-4-7-12)20-17(21-15)13-8-5-9-14(18)10-13/h2-10,19H,11H2,1H3. The summed E-state index contributed by atoms with van der Waals surface area (Å²) in [7, 11) is 1.95. The minimum Gasteiger partial charge on any atom is -0.315 e. The lowest BCUT2D eigenvalue weighted by molar-refractivity contribution is 0.831. The topological polar surface area (TPSA) is 24.9 Å². The van der Waals surface area contributed by atoms with Crippen LogP contribution in [-0.4, -0.2) is 12.0 Å². The second-order valence-corrected chi connectivity index (χ2v) is 6.22. The molecule has 1 heterocycles. The highest BCUT2D eigenvalue weighted by Crippen LogP contribution is 2.34. The van der Waals surface area contributed by atoms with Gasteiger partial charge in [0.05, 0.1) is 5.69 Å². The van der Waals surface area contributed by atoms with Crippen LogP contribution in [0.25, 0.3) is 21.8 Å². The Morgan fingerprint density at radius 3 is 2.52 bits per heavy atom. The highest BCUT2D eigenvalue weighted by atomic mass is 35.5. The highest BCUT2D eigenvalue weighted by Gasteiger charge is 2.13. The Balaban J connectivity index is 2.08. The highest BCUT2D eigenvalue weighted by molar-refractivity contribution is 7.15. The van der Waals surface area contributed by atoms with Crippen molar-refractivity contribution in [2.24, 2.45) is 0 Å². The molecule has 2 aromatic carbocycles. The molecule has 1 N–H and O–H groups in total. The van der Waals surface area contributed by atoms with Crippen LogP contribution in [0, 0.1) is 0 Å². The summed E-state index contributed by atoms with van der Waals surface area (Å²) in [6.45, 7) is 0.808. The van der Waals surface area contributed by atoms with E-state index in [0.717, 1.165) is 33.4 Å². The fourth-order valence-corrected chi connectivity index (χ4v) is 3.48. The Bertz CT molecular complexity index is 738. The number of hydrogen-bond donors (Lipinski definition) is 1. The van der Waals surface area contributed by atoms with Crippen LogP contribution >= 0.6 is 22.9 Å². The molecule has 0 fully saturated rings. The zero-order chi connectivity index (χ0) is 14.7. The lowest BCUT2D eigenvalue weighted by atomic mass is 10.1. The molecule has 0 saturated carbocycles. The van der Waals surface area contributed by atoms with Gasteiger partial charge in [-0.3, -0.25) is 0 Å². The lowest BCUT2D eigenvalue weighted by Crippen LogP contribution is -2.04. The number of benzene rings is 2. The van der Waals surface area contributed by atoms with Gasteiger partial charge in [0.2, 0.25) is 0 Å². The molecule has 0 saturated heterocycles. The minimum atomic E-state index is 0.735. The van der Waals surface area contributed by atoms with Crippen LogP contribution in [0.2, 0.25) is 5.02 Å². The van der Waals surface area contributed by atoms with Gasteiger partial charge in [0.15, 0.2) is 0 Å². The van der Waals surface area contributed by atoms with E-state index in [9.17, 15) is 0 Å². The van der Waals surface area contributed by atoms with E-state index in [1.54, 1.807) is 11.3 Å². The minimum absolute atomic E-state index is 0.735. The van der Waals surface area contributed by atoms with Gasteiger partial charge in [-0.05, 0) is 19.2 Å². The maximum atomic E-state index is 6.08. The molecule has 4 heteroatoms. The Kier molecular flexibility index (Phi) is 4.34. The quantitative estimate of drug-likeness (QED) is 0.744. The summed E-state index contributed by atoms with van der Waals surface area (Å²) in [5.41, 5.74) is 3.25. The van der Waals surface area contributed by atoms with E-state index < -0.39 is 0 Å². The van der Waals surface area contributed by atoms with Crippen molar-refractivity contribution < 1.29 is 0 Å². The first-order valence-corrected chi connectivity index (χ1v) is 7.93. The molecule has 0 amide bonds. The first kappa shape index (κ1) is 14.3. The van der Waals surface area contributed by atoms with Gasteiger partial charge in [-0.15, -0.1) is 11.3 Å². The number of hydrogen-bond acceptors (Lipinski definition) is 3. The molecule has 21 heavy (non-hydrogen) atoms. The van der Waals surface area contributed by atoms with Crippen molar-refractivity contribution in [1.29, 1.82) is 0 Å². The van der Waals surface area contributed by atoms with Gasteiger partial charge in [-0.1, -0.05) is 54.1 Å². The summed E-state index contributed by atoms with van der Waals surface area (Å²) in [6, 6.07) is 18.1. The molecule has 106 valence electrons. The Morgan fingerprint density at radius 2 is 1.81 bits per heavy atom. The second kappa shape index (κ2) is 6.39. The number of halogens is 1. The summed E-state index contributed by atoms with van der Waals surface area (Å²) in [4.78, 5) is 6.07. The fraction of sp³-hybridized carbons (Fsp3) is 0.118. The summed E-state index contributed by atoms with van der Waals surface area (Å²) in [5.74, 6) is 0. The van der Waals surface area contributed by atoms with E-state index in [2.05, 4.69) is 17.4 Å². The molecule has 0 radical (unpaired) electrons. The van der Waals surface area contributed by atoms with Gasteiger partial charge in [0, 0.05) is 27.6 Å². The monoisotopic (exact) mass is 314 g/mol. The first-order chi connectivity index (χ1) is 10.3. The predicted molar refractivity (Wildman–Crippen MR) is 90.8 cm³/mol. The number of rotatable bonds is 4. The number of aromatic nitrogens is 1. The average Bonchev–Trinajstić information content (AvgIpc) is 2.93. The van der Waals surface area contributed by atoms with E-state index in [0.29, 0.717) is 0 Å². The predicted octanol–water partition coefficient (Wildman–Crippen LogP) is 4.85. The third kappa shape index (κ3) is 3.16. The summed E-state index contributed by atoms with van der Waals surface area (Å²) in [5, 5.41) is 4.95. The maximum absolute atomic E-state index is 6.08. The second-order valence-electron chi connectivity index (χ2n) is 4.70. The van der Waals surface area contributed by atoms with Gasteiger partial charge in [-0.2, -0.15) is 0 Å². The molecule has 0 atom stereocenters. The summed E-state index contributed by atoms with van der Waals surface area (Å²) < 4.78 is 0. The smallest absolute Gasteiger partial charge is 0.124 e. The number of nitrogens with one attached hydrogen (secondary N) is 1. The van der Waals surface area contributed by atoms with Gasteiger partial charge >= 0.3 is 0 Å². The Labute approximate surface area is 133 Å². The van der Waals surface area contributed by atoms with Crippen LogP contribution in [0.3, 0.4) is 0 Å². The third-order valence-corrected chi connectivity index (χ3v) is 4.49. The van der Waals surface area contributed by atoms with Crippen molar-refractivity contribution in [1.82, 2.24) is 10.3 Å². The number of nitrogens with zero attached hydrogens (tertiary/aromatic N) is 1. The van der Waals surface area contributed by atoms with Gasteiger partial charge in [-0.25, -0.2) is 4.98 Å². The molecule has 0 spiro atoms. The summed E-state index contributed by atoms with van der Waals surface area (Å²) >= 11 is 7.79. The van der Waals surface area contributed by atoms with Crippen LogP contribution in [-0.2, 0) is 6.54 Å². The molecule has 0 unspecified atom stereocenters. The zero-order valence-corrected chi connectivity index (χ0v) is 13.2. The molecule has 0 bridgehead atoms. The third-order valence-electron chi connectivity index (χ3n) is 3.15. The Morgan fingerprint density at radius 1 is 1.05 bits per heavy atom. The van der Waals surface area contributed by atoms with E-state index in [1.165, 1.54) is 4.88 Å². The van der Waals surface area contributed by atoms with Crippen LogP contribution < -0.4 is 5.32 Å². The normalized spacial score (nSPS) is 10.8. The van der Waals surface area contributed by atoms with Crippen molar-refractivity contribution in [3.8, 4) is 21.8 Å². The van der Waals surface area contributed by atoms with E-state index in [4.69, 9.17) is 16.6 Å². The SMILES string of the molecule is CNCc1sc(-c2cccc(Cl)c2)nc1-c1ccccc1. The van der Waals surface area contributed by atoms with Crippen LogP contribution in [0.5, 0.6) is 0 Å². The van der Waals surface area contributed by atoms with Gasteiger partial charge in [0.1, 0.15) is 5.01 Å². The van der Waals surface area contributed by atoms with Crippen molar-refractivity contribution in [2.75, 3.05) is 7.05 Å². The number of thiazole rings is 1. The fourth-order valence-electron chi connectivity index (χ4n) is 2.20. The molecule has 2 nitrogen and oxygen atoms in total. The van der Waals surface area contributed by atoms with Crippen molar-refractivity contribution in [2.45, 2.75) is 6.54 Å². The van der Waals surface area contributed by atoms with Gasteiger partial charge in [0.25, 0.3) is 0 Å².